The van der Waals surface area contributed by atoms with Crippen molar-refractivity contribution in [1.29, 1.82) is 0 Å². The highest BCUT2D eigenvalue weighted by molar-refractivity contribution is 5.82. The Morgan fingerprint density at radius 1 is 1.05 bits per heavy atom. The van der Waals surface area contributed by atoms with E-state index in [4.69, 9.17) is 19.3 Å². The second-order valence-electron chi connectivity index (χ2n) is 10.9. The summed E-state index contributed by atoms with van der Waals surface area (Å²) in [7, 11) is 1.59. The monoisotopic (exact) mass is 506 g/mol. The molecule has 0 amide bonds. The zero-order valence-corrected chi connectivity index (χ0v) is 21.4. The molecule has 7 rings (SSSR count). The van der Waals surface area contributed by atoms with Gasteiger partial charge in [-0.2, -0.15) is 15.1 Å². The highest BCUT2D eigenvalue weighted by atomic mass is 16.5. The van der Waals surface area contributed by atoms with Gasteiger partial charge in [-0.25, -0.2) is 4.68 Å². The van der Waals surface area contributed by atoms with Crippen molar-refractivity contribution in [3.05, 3.63) is 35.5 Å². The molecule has 0 spiro atoms. The minimum atomic E-state index is -0.416. The van der Waals surface area contributed by atoms with Gasteiger partial charge in [0, 0.05) is 43.1 Å². The third kappa shape index (κ3) is 4.06. The van der Waals surface area contributed by atoms with Crippen LogP contribution in [0.2, 0.25) is 0 Å². The Hall–Kier alpha value is -2.79. The Kier molecular flexibility index (Phi) is 5.80. The van der Waals surface area contributed by atoms with Gasteiger partial charge in [-0.1, -0.05) is 0 Å². The van der Waals surface area contributed by atoms with Gasteiger partial charge in [0.1, 0.15) is 5.82 Å². The van der Waals surface area contributed by atoms with Gasteiger partial charge in [-0.3, -0.25) is 4.90 Å². The van der Waals surface area contributed by atoms with Crippen LogP contribution >= 0.6 is 0 Å². The van der Waals surface area contributed by atoms with Crippen molar-refractivity contribution in [2.24, 2.45) is 0 Å². The molecule has 0 radical (unpaired) electrons. The molecule has 6 heterocycles. The normalized spacial score (nSPS) is 30.0. The lowest BCUT2D eigenvalue weighted by molar-refractivity contribution is 0.0264. The van der Waals surface area contributed by atoms with Crippen LogP contribution in [0.15, 0.2) is 24.4 Å². The van der Waals surface area contributed by atoms with E-state index in [1.807, 2.05) is 16.9 Å². The predicted molar refractivity (Wildman–Crippen MR) is 138 cm³/mol. The fraction of sp³-hybridized carbons (Fsp3) is 0.593. The van der Waals surface area contributed by atoms with Crippen LogP contribution in [0.5, 0.6) is 6.01 Å². The first-order chi connectivity index (χ1) is 18.1. The van der Waals surface area contributed by atoms with Gasteiger partial charge in [0.15, 0.2) is 5.82 Å². The molecular weight excluding hydrogens is 472 g/mol. The summed E-state index contributed by atoms with van der Waals surface area (Å²) in [4.78, 5) is 14.0. The maximum absolute atomic E-state index is 11.2. The minimum Gasteiger partial charge on any atom is -0.467 e. The van der Waals surface area contributed by atoms with E-state index in [0.29, 0.717) is 30.5 Å². The molecule has 4 aliphatic heterocycles. The smallest absolute Gasteiger partial charge is 0.320 e. The third-order valence-corrected chi connectivity index (χ3v) is 8.66. The number of aryl methyl sites for hydroxylation is 1. The molecule has 4 saturated heterocycles. The molecule has 4 fully saturated rings. The number of benzene rings is 1. The summed E-state index contributed by atoms with van der Waals surface area (Å²) in [5, 5.41) is 17.0. The largest absolute Gasteiger partial charge is 0.467 e. The molecule has 3 aromatic rings. The minimum absolute atomic E-state index is 0.0852. The molecule has 2 aromatic heterocycles. The van der Waals surface area contributed by atoms with Crippen molar-refractivity contribution in [1.82, 2.24) is 24.6 Å². The number of morpholine rings is 1. The van der Waals surface area contributed by atoms with Crippen molar-refractivity contribution in [3.63, 3.8) is 0 Å². The molecule has 196 valence electrons. The predicted octanol–water partition coefficient (Wildman–Crippen LogP) is 2.05. The number of methoxy groups -OCH3 is 1. The van der Waals surface area contributed by atoms with Crippen LogP contribution < -0.4 is 9.64 Å². The molecule has 1 aromatic carbocycles. The lowest BCUT2D eigenvalue weighted by Crippen LogP contribution is -2.48. The van der Waals surface area contributed by atoms with E-state index in [1.54, 1.807) is 7.11 Å². The van der Waals surface area contributed by atoms with E-state index in [2.05, 4.69) is 38.8 Å². The van der Waals surface area contributed by atoms with E-state index >= 15 is 0 Å². The Morgan fingerprint density at radius 3 is 2.68 bits per heavy atom. The lowest BCUT2D eigenvalue weighted by atomic mass is 9.84. The second kappa shape index (κ2) is 9.20. The average molecular weight is 507 g/mol. The molecule has 4 aliphatic rings. The van der Waals surface area contributed by atoms with Crippen molar-refractivity contribution in [2.75, 3.05) is 51.5 Å². The van der Waals surface area contributed by atoms with Crippen molar-refractivity contribution in [3.8, 4) is 11.8 Å². The topological polar surface area (TPSA) is 98.0 Å². The van der Waals surface area contributed by atoms with Crippen LogP contribution in [-0.4, -0.2) is 101 Å². The van der Waals surface area contributed by atoms with Gasteiger partial charge >= 0.3 is 6.01 Å². The number of likely N-dealkylation sites (tertiary alicyclic amines) is 1. The molecule has 5 atom stereocenters. The van der Waals surface area contributed by atoms with Crippen molar-refractivity contribution < 1.29 is 19.3 Å². The number of aliphatic hydroxyl groups is 1. The van der Waals surface area contributed by atoms with Gasteiger partial charge in [-0.05, 0) is 56.0 Å². The standard InChI is InChI=1S/C27H34N6O4/c1-16-7-17-11-28-33(26-10-25(29-27(30-26)35-2)32-12-20-8-19(32)15-37-20)23(17)9-22(16)21-3-5-31(13-24(21)34)18-4-6-36-14-18/h7,9-11,18-21,24,34H,3-6,8,12-15H2,1-2H3/t18?,19-,20-,21-,24+/m1/s1. The van der Waals surface area contributed by atoms with Crippen LogP contribution in [0.25, 0.3) is 16.7 Å². The number of β-amino-alcohol motifs (C(OH)–C–C–N with tert-alkyl or cyclic N) is 1. The number of fused-ring (bicyclic) bond motifs is 3. The Labute approximate surface area is 216 Å². The zero-order chi connectivity index (χ0) is 25.1. The molecule has 1 N–H and O–H groups in total. The van der Waals surface area contributed by atoms with Crippen LogP contribution in [0.1, 0.15) is 36.3 Å². The summed E-state index contributed by atoms with van der Waals surface area (Å²) >= 11 is 0. The number of ether oxygens (including phenoxy) is 3. The Bertz CT molecular complexity index is 1310. The molecule has 0 saturated carbocycles. The summed E-state index contributed by atoms with van der Waals surface area (Å²) in [5.41, 5.74) is 3.33. The fourth-order valence-electron chi connectivity index (χ4n) is 6.67. The maximum atomic E-state index is 11.2. The molecule has 0 aliphatic carbocycles. The van der Waals surface area contributed by atoms with E-state index in [1.165, 1.54) is 11.1 Å². The van der Waals surface area contributed by atoms with Crippen molar-refractivity contribution >= 4 is 16.7 Å². The maximum Gasteiger partial charge on any atom is 0.320 e. The summed E-state index contributed by atoms with van der Waals surface area (Å²) in [6.45, 7) is 6.95. The number of rotatable bonds is 5. The van der Waals surface area contributed by atoms with Crippen LogP contribution in [-0.2, 0) is 9.47 Å². The number of aliphatic hydroxyl groups excluding tert-OH is 1. The number of hydrogen-bond donors (Lipinski definition) is 1. The molecule has 10 heteroatoms. The molecule has 1 unspecified atom stereocenters. The quantitative estimate of drug-likeness (QED) is 0.558. The number of piperidine rings is 1. The SMILES string of the molecule is COc1nc(N2C[C@H]3C[C@@H]2CO3)cc(-n2ncc3cc(C)c([C@H]4CCN(C5CCOC5)C[C@@H]4O)cc32)n1. The number of aromatic nitrogens is 4. The van der Waals surface area contributed by atoms with Crippen molar-refractivity contribution in [2.45, 2.75) is 56.4 Å². The first-order valence-electron chi connectivity index (χ1n) is 13.4. The number of nitrogens with zero attached hydrogens (tertiary/aromatic N) is 6. The zero-order valence-electron chi connectivity index (χ0n) is 21.4. The first-order valence-corrected chi connectivity index (χ1v) is 13.4. The van der Waals surface area contributed by atoms with Gasteiger partial charge < -0.3 is 24.2 Å². The van der Waals surface area contributed by atoms with E-state index < -0.39 is 6.10 Å². The Morgan fingerprint density at radius 2 is 1.95 bits per heavy atom. The molecular formula is C27H34N6O4. The molecule has 2 bridgehead atoms. The summed E-state index contributed by atoms with van der Waals surface area (Å²) in [6.07, 6.45) is 4.74. The summed E-state index contributed by atoms with van der Waals surface area (Å²) < 4.78 is 18.7. The number of anilines is 1. The van der Waals surface area contributed by atoms with E-state index in [0.717, 1.165) is 68.9 Å². The van der Waals surface area contributed by atoms with Gasteiger partial charge in [0.2, 0.25) is 0 Å². The second-order valence-corrected chi connectivity index (χ2v) is 10.9. The van der Waals surface area contributed by atoms with Gasteiger partial charge in [0.25, 0.3) is 0 Å². The van der Waals surface area contributed by atoms with Gasteiger partial charge in [-0.15, -0.1) is 0 Å². The van der Waals surface area contributed by atoms with Crippen LogP contribution in [0.4, 0.5) is 5.82 Å². The highest BCUT2D eigenvalue weighted by Gasteiger charge is 2.40. The van der Waals surface area contributed by atoms with E-state index in [9.17, 15) is 5.11 Å². The van der Waals surface area contributed by atoms with Crippen LogP contribution in [0, 0.1) is 6.92 Å². The third-order valence-electron chi connectivity index (χ3n) is 8.66. The summed E-state index contributed by atoms with van der Waals surface area (Å²) in [5.74, 6) is 1.60. The van der Waals surface area contributed by atoms with Gasteiger partial charge in [0.05, 0.1) is 50.3 Å². The Balaban J connectivity index is 1.22. The number of hydrogen-bond acceptors (Lipinski definition) is 9. The molecule has 37 heavy (non-hydrogen) atoms. The summed E-state index contributed by atoms with van der Waals surface area (Å²) in [6, 6.07) is 7.45. The average Bonchev–Trinajstić information content (AvgIpc) is 3.73. The van der Waals surface area contributed by atoms with Crippen LogP contribution in [0.3, 0.4) is 0 Å². The lowest BCUT2D eigenvalue weighted by Gasteiger charge is -2.39. The fourth-order valence-corrected chi connectivity index (χ4v) is 6.67. The molecule has 10 nitrogen and oxygen atoms in total. The highest BCUT2D eigenvalue weighted by Crippen LogP contribution is 2.36. The van der Waals surface area contributed by atoms with E-state index in [-0.39, 0.29) is 12.0 Å². The first kappa shape index (κ1) is 23.3.